The standard InChI is InChI=1S/C11H14FNO3/c1-6-4-7(2-3-8(6)12)11(16)9(13)5-10(14)15/h2-4,9,11,16H,5,13H2,1H3,(H,14,15). The zero-order chi connectivity index (χ0) is 12.3. The number of aliphatic hydroxyl groups excluding tert-OH is 1. The van der Waals surface area contributed by atoms with Crippen LogP contribution in [0.25, 0.3) is 0 Å². The summed E-state index contributed by atoms with van der Waals surface area (Å²) in [6.45, 7) is 1.56. The minimum atomic E-state index is -1.10. The van der Waals surface area contributed by atoms with Gasteiger partial charge in [-0.3, -0.25) is 4.79 Å². The second-order valence-electron chi connectivity index (χ2n) is 3.72. The predicted octanol–water partition coefficient (Wildman–Crippen LogP) is 0.970. The van der Waals surface area contributed by atoms with E-state index in [1.165, 1.54) is 18.2 Å². The fraction of sp³-hybridized carbons (Fsp3) is 0.364. The maximum absolute atomic E-state index is 13.0. The van der Waals surface area contributed by atoms with Crippen LogP contribution in [0.1, 0.15) is 23.7 Å². The highest BCUT2D eigenvalue weighted by Crippen LogP contribution is 2.20. The maximum Gasteiger partial charge on any atom is 0.305 e. The largest absolute Gasteiger partial charge is 0.481 e. The first-order chi connectivity index (χ1) is 7.41. The summed E-state index contributed by atoms with van der Waals surface area (Å²) in [5.74, 6) is -1.45. The number of rotatable bonds is 4. The Morgan fingerprint density at radius 2 is 2.19 bits per heavy atom. The quantitative estimate of drug-likeness (QED) is 0.715. The number of aliphatic hydroxyl groups is 1. The zero-order valence-corrected chi connectivity index (χ0v) is 8.85. The van der Waals surface area contributed by atoms with Crippen LogP contribution in [-0.2, 0) is 4.79 Å². The van der Waals surface area contributed by atoms with Crippen molar-refractivity contribution < 1.29 is 19.4 Å². The summed E-state index contributed by atoms with van der Waals surface area (Å²) in [6, 6.07) is 3.18. The molecule has 1 rings (SSSR count). The molecular weight excluding hydrogens is 213 g/mol. The molecule has 1 aromatic rings. The zero-order valence-electron chi connectivity index (χ0n) is 8.85. The molecule has 0 radical (unpaired) electrons. The normalized spacial score (nSPS) is 14.5. The second-order valence-corrected chi connectivity index (χ2v) is 3.72. The summed E-state index contributed by atoms with van der Waals surface area (Å²) in [6.07, 6.45) is -1.44. The molecule has 0 saturated carbocycles. The van der Waals surface area contributed by atoms with Crippen molar-refractivity contribution in [1.82, 2.24) is 0 Å². The Kier molecular flexibility index (Phi) is 3.98. The van der Waals surface area contributed by atoms with Crippen molar-refractivity contribution in [3.63, 3.8) is 0 Å². The highest BCUT2D eigenvalue weighted by molar-refractivity contribution is 5.67. The Balaban J connectivity index is 2.83. The van der Waals surface area contributed by atoms with E-state index in [1.54, 1.807) is 6.92 Å². The molecule has 0 saturated heterocycles. The van der Waals surface area contributed by atoms with E-state index in [4.69, 9.17) is 10.8 Å². The molecule has 5 heteroatoms. The molecule has 0 aromatic heterocycles. The summed E-state index contributed by atoms with van der Waals surface area (Å²) in [5, 5.41) is 18.3. The van der Waals surface area contributed by atoms with Crippen molar-refractivity contribution in [2.75, 3.05) is 0 Å². The molecule has 16 heavy (non-hydrogen) atoms. The molecule has 0 aliphatic carbocycles. The van der Waals surface area contributed by atoms with E-state index < -0.39 is 18.1 Å². The molecule has 0 aliphatic heterocycles. The first-order valence-corrected chi connectivity index (χ1v) is 4.83. The number of carboxylic acid groups (broad SMARTS) is 1. The summed E-state index contributed by atoms with van der Waals surface area (Å²) in [5.41, 5.74) is 6.33. The summed E-state index contributed by atoms with van der Waals surface area (Å²) >= 11 is 0. The first-order valence-electron chi connectivity index (χ1n) is 4.83. The van der Waals surface area contributed by atoms with Crippen molar-refractivity contribution in [2.45, 2.75) is 25.5 Å². The number of aliphatic carboxylic acids is 1. The molecule has 2 atom stereocenters. The average molecular weight is 227 g/mol. The van der Waals surface area contributed by atoms with Crippen LogP contribution in [0, 0.1) is 12.7 Å². The van der Waals surface area contributed by atoms with Crippen LogP contribution in [0.15, 0.2) is 18.2 Å². The van der Waals surface area contributed by atoms with E-state index in [2.05, 4.69) is 0 Å². The number of aryl methyl sites for hydroxylation is 1. The van der Waals surface area contributed by atoms with Gasteiger partial charge in [0.15, 0.2) is 0 Å². The molecule has 4 N–H and O–H groups in total. The number of nitrogens with two attached hydrogens (primary N) is 1. The Morgan fingerprint density at radius 3 is 2.69 bits per heavy atom. The Labute approximate surface area is 92.5 Å². The monoisotopic (exact) mass is 227 g/mol. The van der Waals surface area contributed by atoms with Crippen molar-refractivity contribution in [1.29, 1.82) is 0 Å². The lowest BCUT2D eigenvalue weighted by Gasteiger charge is -2.17. The third-order valence-corrected chi connectivity index (χ3v) is 2.34. The van der Waals surface area contributed by atoms with E-state index in [0.29, 0.717) is 11.1 Å². The van der Waals surface area contributed by atoms with E-state index in [-0.39, 0.29) is 12.2 Å². The van der Waals surface area contributed by atoms with E-state index in [1.807, 2.05) is 0 Å². The number of hydrogen-bond donors (Lipinski definition) is 3. The topological polar surface area (TPSA) is 83.5 Å². The molecule has 88 valence electrons. The molecule has 0 amide bonds. The van der Waals surface area contributed by atoms with Crippen LogP contribution in [0.3, 0.4) is 0 Å². The van der Waals surface area contributed by atoms with Gasteiger partial charge < -0.3 is 15.9 Å². The number of carbonyl (C=O) groups is 1. The lowest BCUT2D eigenvalue weighted by atomic mass is 9.99. The molecule has 2 unspecified atom stereocenters. The Hall–Kier alpha value is -1.46. The van der Waals surface area contributed by atoms with Gasteiger partial charge in [-0.25, -0.2) is 4.39 Å². The van der Waals surface area contributed by atoms with Gasteiger partial charge in [-0.15, -0.1) is 0 Å². The van der Waals surface area contributed by atoms with Crippen LogP contribution in [0.4, 0.5) is 4.39 Å². The summed E-state index contributed by atoms with van der Waals surface area (Å²) in [7, 11) is 0. The van der Waals surface area contributed by atoms with Gasteiger partial charge in [0.05, 0.1) is 12.5 Å². The molecular formula is C11H14FNO3. The van der Waals surface area contributed by atoms with Crippen LogP contribution in [0.2, 0.25) is 0 Å². The number of halogens is 1. The fourth-order valence-corrected chi connectivity index (χ4v) is 1.41. The molecule has 0 bridgehead atoms. The minimum absolute atomic E-state index is 0.336. The van der Waals surface area contributed by atoms with Crippen molar-refractivity contribution >= 4 is 5.97 Å². The van der Waals surface area contributed by atoms with Crippen molar-refractivity contribution in [3.8, 4) is 0 Å². The van der Waals surface area contributed by atoms with Gasteiger partial charge in [0, 0.05) is 6.04 Å². The molecule has 1 aromatic carbocycles. The van der Waals surface area contributed by atoms with Gasteiger partial charge in [-0.1, -0.05) is 12.1 Å². The van der Waals surface area contributed by atoms with Gasteiger partial charge in [0.1, 0.15) is 5.82 Å². The third kappa shape index (κ3) is 3.01. The van der Waals surface area contributed by atoms with E-state index in [0.717, 1.165) is 0 Å². The van der Waals surface area contributed by atoms with E-state index >= 15 is 0 Å². The Morgan fingerprint density at radius 1 is 1.56 bits per heavy atom. The van der Waals surface area contributed by atoms with Gasteiger partial charge in [-0.2, -0.15) is 0 Å². The number of benzene rings is 1. The Bertz CT molecular complexity index is 395. The molecule has 0 spiro atoms. The average Bonchev–Trinajstić information content (AvgIpc) is 2.20. The molecule has 0 fully saturated rings. The first kappa shape index (κ1) is 12.6. The van der Waals surface area contributed by atoms with Crippen LogP contribution < -0.4 is 5.73 Å². The SMILES string of the molecule is Cc1cc(C(O)C(N)CC(=O)O)ccc1F. The summed E-state index contributed by atoms with van der Waals surface area (Å²) < 4.78 is 13.0. The van der Waals surface area contributed by atoms with Crippen molar-refractivity contribution in [3.05, 3.63) is 35.1 Å². The highest BCUT2D eigenvalue weighted by atomic mass is 19.1. The van der Waals surface area contributed by atoms with Gasteiger partial charge >= 0.3 is 5.97 Å². The lowest BCUT2D eigenvalue weighted by Crippen LogP contribution is -2.31. The maximum atomic E-state index is 13.0. The number of hydrogen-bond acceptors (Lipinski definition) is 3. The molecule has 0 heterocycles. The van der Waals surface area contributed by atoms with Crippen molar-refractivity contribution in [2.24, 2.45) is 5.73 Å². The predicted molar refractivity (Wildman–Crippen MR) is 56.3 cm³/mol. The van der Waals surface area contributed by atoms with Gasteiger partial charge in [0.25, 0.3) is 0 Å². The smallest absolute Gasteiger partial charge is 0.305 e. The molecule has 4 nitrogen and oxygen atoms in total. The van der Waals surface area contributed by atoms with Gasteiger partial charge in [-0.05, 0) is 24.1 Å². The third-order valence-electron chi connectivity index (χ3n) is 2.34. The highest BCUT2D eigenvalue weighted by Gasteiger charge is 2.20. The van der Waals surface area contributed by atoms with E-state index in [9.17, 15) is 14.3 Å². The van der Waals surface area contributed by atoms with Crippen LogP contribution >= 0.6 is 0 Å². The lowest BCUT2D eigenvalue weighted by molar-refractivity contribution is -0.138. The van der Waals surface area contributed by atoms with Gasteiger partial charge in [0.2, 0.25) is 0 Å². The second kappa shape index (κ2) is 5.05. The number of carboxylic acids is 1. The van der Waals surface area contributed by atoms with Crippen LogP contribution in [-0.4, -0.2) is 22.2 Å². The fourth-order valence-electron chi connectivity index (χ4n) is 1.41. The summed E-state index contributed by atoms with van der Waals surface area (Å²) in [4.78, 5) is 10.4. The van der Waals surface area contributed by atoms with Crippen LogP contribution in [0.5, 0.6) is 0 Å². The molecule has 0 aliphatic rings. The minimum Gasteiger partial charge on any atom is -0.481 e.